The molecule has 1 aromatic rings. The van der Waals surface area contributed by atoms with Gasteiger partial charge in [0, 0.05) is 19.3 Å². The number of nitrogens with zero attached hydrogens (tertiary/aromatic N) is 1. The van der Waals surface area contributed by atoms with Crippen molar-refractivity contribution in [3.8, 4) is 0 Å². The van der Waals surface area contributed by atoms with Crippen molar-refractivity contribution in [3.63, 3.8) is 0 Å². The molecule has 0 atom stereocenters. The minimum absolute atomic E-state index is 0.984. The van der Waals surface area contributed by atoms with Crippen LogP contribution in [0.5, 0.6) is 0 Å². The highest BCUT2D eigenvalue weighted by Crippen LogP contribution is 2.10. The third kappa shape index (κ3) is 3.32. The van der Waals surface area contributed by atoms with E-state index in [1.807, 2.05) is 6.07 Å². The van der Waals surface area contributed by atoms with Gasteiger partial charge in [0.25, 0.3) is 0 Å². The molecule has 1 heteroatoms. The van der Waals surface area contributed by atoms with Crippen molar-refractivity contribution in [2.24, 2.45) is 0 Å². The fraction of sp³-hybridized carbons (Fsp3) is 0.333. The van der Waals surface area contributed by atoms with Crippen molar-refractivity contribution in [1.29, 1.82) is 0 Å². The van der Waals surface area contributed by atoms with Gasteiger partial charge in [-0.25, -0.2) is 0 Å². The summed E-state index contributed by atoms with van der Waals surface area (Å²) in [6, 6.07) is 10.4. The molecule has 0 unspecified atom stereocenters. The second-order valence-electron chi connectivity index (χ2n) is 3.10. The van der Waals surface area contributed by atoms with Crippen LogP contribution in [0.4, 0.5) is 5.69 Å². The number of hydrogen-bond acceptors (Lipinski definition) is 1. The van der Waals surface area contributed by atoms with Crippen molar-refractivity contribution in [3.05, 3.63) is 42.5 Å². The van der Waals surface area contributed by atoms with Gasteiger partial charge in [-0.2, -0.15) is 0 Å². The fourth-order valence-corrected chi connectivity index (χ4v) is 1.19. The van der Waals surface area contributed by atoms with Gasteiger partial charge in [-0.05, 0) is 18.6 Å². The molecule has 0 amide bonds. The summed E-state index contributed by atoms with van der Waals surface area (Å²) >= 11 is 0. The van der Waals surface area contributed by atoms with Crippen molar-refractivity contribution < 1.29 is 0 Å². The Kier molecular flexibility index (Phi) is 4.10. The SMILES string of the molecule is CCC=CCN(C)c1ccccc1. The summed E-state index contributed by atoms with van der Waals surface area (Å²) in [5.41, 5.74) is 1.27. The Bertz CT molecular complexity index is 251. The van der Waals surface area contributed by atoms with E-state index in [2.05, 4.69) is 55.3 Å². The van der Waals surface area contributed by atoms with E-state index < -0.39 is 0 Å². The highest BCUT2D eigenvalue weighted by atomic mass is 15.1. The molecule has 0 spiro atoms. The van der Waals surface area contributed by atoms with E-state index in [4.69, 9.17) is 0 Å². The summed E-state index contributed by atoms with van der Waals surface area (Å²) in [5.74, 6) is 0. The van der Waals surface area contributed by atoms with Gasteiger partial charge >= 0.3 is 0 Å². The van der Waals surface area contributed by atoms with Gasteiger partial charge in [0.2, 0.25) is 0 Å². The van der Waals surface area contributed by atoms with Gasteiger partial charge in [-0.3, -0.25) is 0 Å². The lowest BCUT2D eigenvalue weighted by Crippen LogP contribution is -2.16. The second kappa shape index (κ2) is 5.41. The van der Waals surface area contributed by atoms with Crippen LogP contribution in [0.3, 0.4) is 0 Å². The maximum atomic E-state index is 2.23. The number of rotatable bonds is 4. The Morgan fingerprint density at radius 2 is 1.85 bits per heavy atom. The van der Waals surface area contributed by atoms with Gasteiger partial charge < -0.3 is 4.90 Å². The highest BCUT2D eigenvalue weighted by molar-refractivity contribution is 5.45. The molecule has 1 rings (SSSR count). The molecule has 0 bridgehead atoms. The highest BCUT2D eigenvalue weighted by Gasteiger charge is 1.94. The van der Waals surface area contributed by atoms with Gasteiger partial charge in [0.15, 0.2) is 0 Å². The van der Waals surface area contributed by atoms with Crippen LogP contribution in [0.1, 0.15) is 13.3 Å². The Balaban J connectivity index is 2.49. The Hall–Kier alpha value is -1.24. The molecule has 0 aliphatic rings. The molecular formula is C12H17N. The number of benzene rings is 1. The minimum atomic E-state index is 0.984. The molecule has 0 radical (unpaired) electrons. The van der Waals surface area contributed by atoms with Crippen molar-refractivity contribution in [2.45, 2.75) is 13.3 Å². The van der Waals surface area contributed by atoms with Crippen LogP contribution in [0.25, 0.3) is 0 Å². The molecule has 0 aliphatic carbocycles. The van der Waals surface area contributed by atoms with E-state index in [1.165, 1.54) is 5.69 Å². The first-order chi connectivity index (χ1) is 6.34. The van der Waals surface area contributed by atoms with Crippen LogP contribution in [0, 0.1) is 0 Å². The quantitative estimate of drug-likeness (QED) is 0.636. The summed E-state index contributed by atoms with van der Waals surface area (Å²) in [7, 11) is 2.11. The van der Waals surface area contributed by atoms with Gasteiger partial charge in [0.05, 0.1) is 0 Å². The predicted molar refractivity (Wildman–Crippen MR) is 59.1 cm³/mol. The van der Waals surface area contributed by atoms with Crippen LogP contribution >= 0.6 is 0 Å². The van der Waals surface area contributed by atoms with Crippen LogP contribution in [0.2, 0.25) is 0 Å². The average molecular weight is 175 g/mol. The zero-order chi connectivity index (χ0) is 9.52. The molecule has 0 heterocycles. The second-order valence-corrected chi connectivity index (χ2v) is 3.10. The molecule has 1 aromatic carbocycles. The van der Waals surface area contributed by atoms with Gasteiger partial charge in [0.1, 0.15) is 0 Å². The first kappa shape index (κ1) is 9.85. The lowest BCUT2D eigenvalue weighted by atomic mass is 10.3. The largest absolute Gasteiger partial charge is 0.371 e. The van der Waals surface area contributed by atoms with E-state index in [0.29, 0.717) is 0 Å². The summed E-state index contributed by atoms with van der Waals surface area (Å²) in [6.45, 7) is 3.14. The first-order valence-electron chi connectivity index (χ1n) is 4.75. The molecule has 0 fully saturated rings. The zero-order valence-electron chi connectivity index (χ0n) is 8.40. The van der Waals surface area contributed by atoms with E-state index >= 15 is 0 Å². The lowest BCUT2D eigenvalue weighted by molar-refractivity contribution is 1.02. The monoisotopic (exact) mass is 175 g/mol. The van der Waals surface area contributed by atoms with E-state index in [0.717, 1.165) is 13.0 Å². The third-order valence-electron chi connectivity index (χ3n) is 1.98. The summed E-state index contributed by atoms with van der Waals surface area (Å²) in [6.07, 6.45) is 5.51. The first-order valence-corrected chi connectivity index (χ1v) is 4.75. The number of para-hydroxylation sites is 1. The summed E-state index contributed by atoms with van der Waals surface area (Å²) in [5, 5.41) is 0. The average Bonchev–Trinajstić information content (AvgIpc) is 2.19. The number of allylic oxidation sites excluding steroid dienone is 1. The maximum absolute atomic E-state index is 2.23. The molecule has 0 N–H and O–H groups in total. The van der Waals surface area contributed by atoms with Gasteiger partial charge in [-0.1, -0.05) is 37.3 Å². The Morgan fingerprint density at radius 1 is 1.15 bits per heavy atom. The third-order valence-corrected chi connectivity index (χ3v) is 1.98. The summed E-state index contributed by atoms with van der Waals surface area (Å²) in [4.78, 5) is 2.23. The number of anilines is 1. The molecular weight excluding hydrogens is 158 g/mol. The smallest absolute Gasteiger partial charge is 0.0366 e. The summed E-state index contributed by atoms with van der Waals surface area (Å²) < 4.78 is 0. The zero-order valence-corrected chi connectivity index (χ0v) is 8.40. The number of likely N-dealkylation sites (N-methyl/N-ethyl adjacent to an activating group) is 1. The number of hydrogen-bond donors (Lipinski definition) is 0. The van der Waals surface area contributed by atoms with Crippen LogP contribution < -0.4 is 4.90 Å². The van der Waals surface area contributed by atoms with Crippen molar-refractivity contribution in [1.82, 2.24) is 0 Å². The maximum Gasteiger partial charge on any atom is 0.0366 e. The lowest BCUT2D eigenvalue weighted by Gasteiger charge is -2.16. The molecule has 0 saturated carbocycles. The Morgan fingerprint density at radius 3 is 2.46 bits per heavy atom. The van der Waals surface area contributed by atoms with Crippen LogP contribution in [-0.4, -0.2) is 13.6 Å². The minimum Gasteiger partial charge on any atom is -0.371 e. The molecule has 70 valence electrons. The normalized spacial score (nSPS) is 10.6. The van der Waals surface area contributed by atoms with Crippen molar-refractivity contribution in [2.75, 3.05) is 18.5 Å². The molecule has 13 heavy (non-hydrogen) atoms. The fourth-order valence-electron chi connectivity index (χ4n) is 1.19. The molecule has 1 nitrogen and oxygen atoms in total. The van der Waals surface area contributed by atoms with Crippen LogP contribution in [-0.2, 0) is 0 Å². The molecule has 0 saturated heterocycles. The van der Waals surface area contributed by atoms with E-state index in [1.54, 1.807) is 0 Å². The van der Waals surface area contributed by atoms with Crippen LogP contribution in [0.15, 0.2) is 42.5 Å². The predicted octanol–water partition coefficient (Wildman–Crippen LogP) is 3.09. The topological polar surface area (TPSA) is 3.24 Å². The molecule has 0 aliphatic heterocycles. The van der Waals surface area contributed by atoms with E-state index in [9.17, 15) is 0 Å². The van der Waals surface area contributed by atoms with E-state index in [-0.39, 0.29) is 0 Å². The van der Waals surface area contributed by atoms with Crippen molar-refractivity contribution >= 4 is 5.69 Å². The van der Waals surface area contributed by atoms with Gasteiger partial charge in [-0.15, -0.1) is 0 Å². The standard InChI is InChI=1S/C12H17N/c1-3-4-8-11-13(2)12-9-6-5-7-10-12/h4-10H,3,11H2,1-2H3. The Labute approximate surface area is 80.7 Å². The molecule has 0 aromatic heterocycles.